The number of rotatable bonds is 3. The number of thiazole rings is 1. The molecule has 0 atom stereocenters. The van der Waals surface area contributed by atoms with Gasteiger partial charge in [0.25, 0.3) is 0 Å². The van der Waals surface area contributed by atoms with Crippen LogP contribution < -0.4 is 0 Å². The topological polar surface area (TPSA) is 31.2 Å². The van der Waals surface area contributed by atoms with Gasteiger partial charge in [0.1, 0.15) is 6.54 Å². The number of benzene rings is 1. The number of hydrogen-bond donors (Lipinski definition) is 0. The molecule has 0 aliphatic heterocycles. The van der Waals surface area contributed by atoms with Crippen LogP contribution in [-0.4, -0.2) is 17.1 Å². The van der Waals surface area contributed by atoms with E-state index >= 15 is 0 Å². The van der Waals surface area contributed by atoms with Crippen LogP contribution in [0.25, 0.3) is 10.2 Å². The standard InChI is InChI=1S/C11H11NO2S2/c1-2-14-10(13)7-12-8-5-3-4-6-9(8)16-11(12)15/h3-6H,2,7H2,1H3. The first-order valence-corrected chi connectivity index (χ1v) is 6.19. The molecule has 0 aliphatic rings. The fraction of sp³-hybridized carbons (Fsp3) is 0.273. The van der Waals surface area contributed by atoms with E-state index in [0.717, 1.165) is 10.2 Å². The number of carbonyl (C=O) groups excluding carboxylic acids is 1. The van der Waals surface area contributed by atoms with Gasteiger partial charge >= 0.3 is 5.97 Å². The predicted molar refractivity (Wildman–Crippen MR) is 67.3 cm³/mol. The molecule has 0 fully saturated rings. The average Bonchev–Trinajstić information content (AvgIpc) is 2.56. The average molecular weight is 253 g/mol. The molecule has 0 aliphatic carbocycles. The van der Waals surface area contributed by atoms with Crippen molar-refractivity contribution in [2.75, 3.05) is 6.61 Å². The summed E-state index contributed by atoms with van der Waals surface area (Å²) >= 11 is 6.74. The van der Waals surface area contributed by atoms with Gasteiger partial charge in [-0.1, -0.05) is 12.1 Å². The Morgan fingerprint density at radius 2 is 2.25 bits per heavy atom. The molecule has 0 bridgehead atoms. The summed E-state index contributed by atoms with van der Waals surface area (Å²) in [6, 6.07) is 7.85. The third-order valence-electron chi connectivity index (χ3n) is 2.17. The summed E-state index contributed by atoms with van der Waals surface area (Å²) in [5, 5.41) is 0. The third kappa shape index (κ3) is 2.15. The second-order valence-electron chi connectivity index (χ2n) is 3.23. The van der Waals surface area contributed by atoms with Crippen molar-refractivity contribution in [2.45, 2.75) is 13.5 Å². The molecule has 1 aromatic carbocycles. The highest BCUT2D eigenvalue weighted by Crippen LogP contribution is 2.22. The molecule has 84 valence electrons. The number of carbonyl (C=O) groups is 1. The van der Waals surface area contributed by atoms with Crippen LogP contribution in [0.1, 0.15) is 6.92 Å². The number of ether oxygens (including phenoxy) is 1. The molecule has 2 rings (SSSR count). The fourth-order valence-electron chi connectivity index (χ4n) is 1.50. The molecule has 0 saturated carbocycles. The second-order valence-corrected chi connectivity index (χ2v) is 4.90. The van der Waals surface area contributed by atoms with Crippen molar-refractivity contribution in [3.05, 3.63) is 28.2 Å². The van der Waals surface area contributed by atoms with Gasteiger partial charge in [-0.2, -0.15) is 0 Å². The van der Waals surface area contributed by atoms with Gasteiger partial charge in [-0.25, -0.2) is 0 Å². The maximum Gasteiger partial charge on any atom is 0.326 e. The molecule has 0 amide bonds. The van der Waals surface area contributed by atoms with Crippen LogP contribution in [0.5, 0.6) is 0 Å². The van der Waals surface area contributed by atoms with E-state index in [-0.39, 0.29) is 12.5 Å². The minimum Gasteiger partial charge on any atom is -0.465 e. The van der Waals surface area contributed by atoms with E-state index in [0.29, 0.717) is 10.6 Å². The molecule has 5 heteroatoms. The van der Waals surface area contributed by atoms with Crippen molar-refractivity contribution in [1.82, 2.24) is 4.57 Å². The van der Waals surface area contributed by atoms with Crippen molar-refractivity contribution < 1.29 is 9.53 Å². The predicted octanol–water partition coefficient (Wildman–Crippen LogP) is 3.00. The molecule has 1 aromatic heterocycles. The van der Waals surface area contributed by atoms with Gasteiger partial charge in [0.05, 0.1) is 16.8 Å². The number of fused-ring (bicyclic) bond motifs is 1. The summed E-state index contributed by atoms with van der Waals surface area (Å²) in [4.78, 5) is 11.4. The van der Waals surface area contributed by atoms with E-state index < -0.39 is 0 Å². The number of aromatic nitrogens is 1. The van der Waals surface area contributed by atoms with Crippen molar-refractivity contribution >= 4 is 39.7 Å². The Balaban J connectivity index is 2.40. The normalized spacial score (nSPS) is 10.6. The summed E-state index contributed by atoms with van der Waals surface area (Å²) in [6.07, 6.45) is 0. The van der Waals surface area contributed by atoms with Crippen LogP contribution in [0.3, 0.4) is 0 Å². The first-order chi connectivity index (χ1) is 7.72. The maximum atomic E-state index is 11.4. The van der Waals surface area contributed by atoms with E-state index in [1.54, 1.807) is 6.92 Å². The Morgan fingerprint density at radius 3 is 3.00 bits per heavy atom. The molecule has 16 heavy (non-hydrogen) atoms. The van der Waals surface area contributed by atoms with Crippen LogP contribution in [0.4, 0.5) is 0 Å². The van der Waals surface area contributed by atoms with Gasteiger partial charge in [0.2, 0.25) is 0 Å². The molecule has 0 saturated heterocycles. The lowest BCUT2D eigenvalue weighted by atomic mass is 10.3. The summed E-state index contributed by atoms with van der Waals surface area (Å²) in [5.74, 6) is -0.248. The molecular formula is C11H11NO2S2. The van der Waals surface area contributed by atoms with Crippen molar-refractivity contribution in [3.63, 3.8) is 0 Å². The van der Waals surface area contributed by atoms with E-state index in [9.17, 15) is 4.79 Å². The van der Waals surface area contributed by atoms with Crippen molar-refractivity contribution in [1.29, 1.82) is 0 Å². The third-order valence-corrected chi connectivity index (χ3v) is 3.60. The minimum atomic E-state index is -0.248. The smallest absolute Gasteiger partial charge is 0.326 e. The Bertz CT molecular complexity index is 571. The first-order valence-electron chi connectivity index (χ1n) is 4.96. The van der Waals surface area contributed by atoms with E-state index in [1.165, 1.54) is 11.3 Å². The molecule has 2 aromatic rings. The SMILES string of the molecule is CCOC(=O)Cn1c(=S)sc2ccccc21. The molecule has 1 heterocycles. The van der Waals surface area contributed by atoms with E-state index in [4.69, 9.17) is 17.0 Å². The quantitative estimate of drug-likeness (QED) is 0.622. The zero-order valence-electron chi connectivity index (χ0n) is 8.80. The van der Waals surface area contributed by atoms with Gasteiger partial charge in [-0.15, -0.1) is 11.3 Å². The molecule has 0 spiro atoms. The highest BCUT2D eigenvalue weighted by Gasteiger charge is 2.08. The van der Waals surface area contributed by atoms with Gasteiger partial charge in [-0.3, -0.25) is 4.79 Å². The summed E-state index contributed by atoms with van der Waals surface area (Å²) in [6.45, 7) is 2.38. The van der Waals surface area contributed by atoms with Gasteiger partial charge in [0.15, 0.2) is 3.95 Å². The number of nitrogens with zero attached hydrogens (tertiary/aromatic N) is 1. The minimum absolute atomic E-state index is 0.191. The molecule has 3 nitrogen and oxygen atoms in total. The van der Waals surface area contributed by atoms with Crippen LogP contribution in [0, 0.1) is 3.95 Å². The molecule has 0 radical (unpaired) electrons. The van der Waals surface area contributed by atoms with Crippen LogP contribution in [0.15, 0.2) is 24.3 Å². The van der Waals surface area contributed by atoms with Gasteiger partial charge in [0, 0.05) is 0 Å². The lowest BCUT2D eigenvalue weighted by Gasteiger charge is -2.04. The Labute approximate surface area is 102 Å². The number of hydrogen-bond acceptors (Lipinski definition) is 4. The second kappa shape index (κ2) is 4.76. The highest BCUT2D eigenvalue weighted by atomic mass is 32.1. The van der Waals surface area contributed by atoms with Gasteiger partial charge in [-0.05, 0) is 31.3 Å². The fourth-order valence-corrected chi connectivity index (χ4v) is 2.82. The van der Waals surface area contributed by atoms with Crippen LogP contribution in [-0.2, 0) is 16.1 Å². The lowest BCUT2D eigenvalue weighted by molar-refractivity contribution is -0.143. The largest absolute Gasteiger partial charge is 0.465 e. The monoisotopic (exact) mass is 253 g/mol. The Morgan fingerprint density at radius 1 is 1.50 bits per heavy atom. The molecule has 0 unspecified atom stereocenters. The summed E-state index contributed by atoms with van der Waals surface area (Å²) in [5.41, 5.74) is 0.991. The summed E-state index contributed by atoms with van der Waals surface area (Å²) < 4.78 is 8.53. The highest BCUT2D eigenvalue weighted by molar-refractivity contribution is 7.73. The maximum absolute atomic E-state index is 11.4. The summed E-state index contributed by atoms with van der Waals surface area (Å²) in [7, 11) is 0. The lowest BCUT2D eigenvalue weighted by Crippen LogP contribution is -2.13. The Kier molecular flexibility index (Phi) is 3.36. The van der Waals surface area contributed by atoms with Crippen LogP contribution >= 0.6 is 23.6 Å². The van der Waals surface area contributed by atoms with E-state index in [2.05, 4.69) is 0 Å². The van der Waals surface area contributed by atoms with Crippen LogP contribution in [0.2, 0.25) is 0 Å². The molecular weight excluding hydrogens is 242 g/mol. The first kappa shape index (κ1) is 11.3. The van der Waals surface area contributed by atoms with E-state index in [1.807, 2.05) is 28.8 Å². The Hall–Kier alpha value is -1.20. The zero-order chi connectivity index (χ0) is 11.5. The molecule has 0 N–H and O–H groups in total. The van der Waals surface area contributed by atoms with Crippen molar-refractivity contribution in [2.24, 2.45) is 0 Å². The zero-order valence-corrected chi connectivity index (χ0v) is 10.4. The number of esters is 1. The van der Waals surface area contributed by atoms with Gasteiger partial charge < -0.3 is 9.30 Å². The number of para-hydroxylation sites is 1. The van der Waals surface area contributed by atoms with Crippen molar-refractivity contribution in [3.8, 4) is 0 Å².